The fraction of sp³-hybridized carbons (Fsp3) is 0. The molecule has 7 aromatic rings. The Morgan fingerprint density at radius 2 is 0.725 bits per heavy atom. The minimum atomic E-state index is -0.931. The Bertz CT molecular complexity index is 2310. The summed E-state index contributed by atoms with van der Waals surface area (Å²) in [5, 5.41) is 18.7. The van der Waals surface area contributed by atoms with Crippen LogP contribution in [0.25, 0.3) is 22.3 Å². The van der Waals surface area contributed by atoms with Gasteiger partial charge in [-0.2, -0.15) is 0 Å². The summed E-state index contributed by atoms with van der Waals surface area (Å²) >= 11 is 0. The monoisotopic (exact) mass is 657 g/mol. The summed E-state index contributed by atoms with van der Waals surface area (Å²) in [5.41, 5.74) is 15.5. The smallest absolute Gasteiger partial charge is 0.335 e. The number of rotatable bonds is 6. The molecule has 0 bridgehead atoms. The lowest BCUT2D eigenvalue weighted by molar-refractivity contribution is 0.0686. The summed E-state index contributed by atoms with van der Waals surface area (Å²) in [6.45, 7) is 0.0239. The van der Waals surface area contributed by atoms with Crippen LogP contribution >= 0.6 is 0 Å². The van der Waals surface area contributed by atoms with Crippen LogP contribution in [0.1, 0.15) is 20.7 Å². The highest BCUT2D eigenvalue weighted by molar-refractivity contribution is 7.02. The Hall–Kier alpha value is -6.59. The fourth-order valence-electron chi connectivity index (χ4n) is 7.95. The van der Waals surface area contributed by atoms with Crippen molar-refractivity contribution in [3.8, 4) is 22.3 Å². The van der Waals surface area contributed by atoms with E-state index in [1.54, 1.807) is 24.3 Å². The van der Waals surface area contributed by atoms with E-state index < -0.39 is 11.9 Å². The summed E-state index contributed by atoms with van der Waals surface area (Å²) < 4.78 is 0. The van der Waals surface area contributed by atoms with Gasteiger partial charge in [0, 0.05) is 17.1 Å². The molecule has 5 nitrogen and oxygen atoms in total. The van der Waals surface area contributed by atoms with Crippen LogP contribution in [-0.4, -0.2) is 35.6 Å². The minimum absolute atomic E-state index is 0.0119. The van der Waals surface area contributed by atoms with Crippen LogP contribution in [0, 0.1) is 0 Å². The number of aromatic carboxylic acids is 2. The van der Waals surface area contributed by atoms with Crippen molar-refractivity contribution < 1.29 is 19.8 Å². The molecule has 2 heterocycles. The van der Waals surface area contributed by atoms with Gasteiger partial charge in [0.1, 0.15) is 0 Å². The molecule has 240 valence electrons. The van der Waals surface area contributed by atoms with Crippen LogP contribution in [0.15, 0.2) is 164 Å². The molecule has 0 unspecified atom stereocenters. The van der Waals surface area contributed by atoms with Crippen LogP contribution in [0.3, 0.4) is 0 Å². The second-order valence-electron chi connectivity index (χ2n) is 13.1. The lowest BCUT2D eigenvalue weighted by Crippen LogP contribution is -2.64. The van der Waals surface area contributed by atoms with Crippen molar-refractivity contribution in [2.45, 2.75) is 0 Å². The zero-order valence-electron chi connectivity index (χ0n) is 27.4. The lowest BCUT2D eigenvalue weighted by Gasteiger charge is -2.43. The van der Waals surface area contributed by atoms with Gasteiger partial charge in [-0.05, 0) is 80.5 Å². The third-order valence-electron chi connectivity index (χ3n) is 10.3. The van der Waals surface area contributed by atoms with Gasteiger partial charge in [0.15, 0.2) is 0 Å². The van der Waals surface area contributed by atoms with Crippen molar-refractivity contribution in [3.63, 3.8) is 0 Å². The molecular weight excluding hydrogens is 628 g/mol. The van der Waals surface area contributed by atoms with Crippen LogP contribution in [0.5, 0.6) is 0 Å². The van der Waals surface area contributed by atoms with Crippen LogP contribution in [0.2, 0.25) is 0 Å². The molecule has 2 aliphatic rings. The Kier molecular flexibility index (Phi) is 7.21. The van der Waals surface area contributed by atoms with Gasteiger partial charge >= 0.3 is 11.9 Å². The van der Waals surface area contributed by atoms with Crippen molar-refractivity contribution in [2.24, 2.45) is 0 Å². The van der Waals surface area contributed by atoms with Gasteiger partial charge in [-0.25, -0.2) is 9.59 Å². The average Bonchev–Trinajstić information content (AvgIpc) is 3.18. The summed E-state index contributed by atoms with van der Waals surface area (Å²) in [6, 6.07) is 55.5. The normalized spacial score (nSPS) is 12.5. The Morgan fingerprint density at radius 1 is 0.392 bits per heavy atom. The van der Waals surface area contributed by atoms with E-state index in [9.17, 15) is 19.8 Å². The summed E-state index contributed by atoms with van der Waals surface area (Å²) in [6.07, 6.45) is 0. The molecule has 51 heavy (non-hydrogen) atoms. The van der Waals surface area contributed by atoms with E-state index in [1.165, 1.54) is 49.8 Å². The SMILES string of the molecule is O=C(O)c1ccc(-c2ccc(B3c4ccccc4N4c5ccccc5B(c5ccc(-c6ccc(C(=O)O)cc6)cc5)c5cccc3c54)cc2)cc1. The molecular formula is C44H29B2NO4. The third-order valence-corrected chi connectivity index (χ3v) is 10.3. The molecule has 0 amide bonds. The summed E-state index contributed by atoms with van der Waals surface area (Å²) in [4.78, 5) is 25.2. The highest BCUT2D eigenvalue weighted by Crippen LogP contribution is 2.37. The topological polar surface area (TPSA) is 77.8 Å². The van der Waals surface area contributed by atoms with Gasteiger partial charge in [-0.3, -0.25) is 0 Å². The maximum Gasteiger partial charge on any atom is 0.335 e. The quantitative estimate of drug-likeness (QED) is 0.230. The van der Waals surface area contributed by atoms with Crippen molar-refractivity contribution in [2.75, 3.05) is 4.90 Å². The number of hydrogen-bond acceptors (Lipinski definition) is 3. The number of anilines is 3. The first-order valence-corrected chi connectivity index (χ1v) is 16.9. The number of hydrogen-bond donors (Lipinski definition) is 2. The number of fused-ring (bicyclic) bond motifs is 4. The second kappa shape index (κ2) is 12.1. The number of benzene rings is 7. The van der Waals surface area contributed by atoms with E-state index in [4.69, 9.17) is 0 Å². The van der Waals surface area contributed by atoms with Gasteiger partial charge in [-0.15, -0.1) is 0 Å². The van der Waals surface area contributed by atoms with Gasteiger partial charge < -0.3 is 15.1 Å². The number of carbonyl (C=O) groups is 2. The van der Waals surface area contributed by atoms with Gasteiger partial charge in [0.25, 0.3) is 0 Å². The van der Waals surface area contributed by atoms with Crippen molar-refractivity contribution in [1.29, 1.82) is 0 Å². The highest BCUT2D eigenvalue weighted by Gasteiger charge is 2.42. The average molecular weight is 657 g/mol. The first-order chi connectivity index (χ1) is 25.0. The lowest BCUT2D eigenvalue weighted by atomic mass is 9.30. The first-order valence-electron chi connectivity index (χ1n) is 16.9. The molecule has 0 saturated carbocycles. The van der Waals surface area contributed by atoms with Gasteiger partial charge in [-0.1, -0.05) is 138 Å². The standard InChI is InChI=1S/C44H29B2NO4/c48-43(49)32-16-12-28(13-17-32)30-20-24-34(25-21-30)45-36-6-1-3-10-40(36)47-41-11-4-2-7-37(41)46(39-9-5-8-38(45)42(39)47)35-26-22-31(23-27-35)29-14-18-33(19-15-29)44(50)51/h1-27H,(H,48,49)(H,50,51). The fourth-order valence-corrected chi connectivity index (χ4v) is 7.95. The Morgan fingerprint density at radius 3 is 1.10 bits per heavy atom. The molecule has 0 aromatic heterocycles. The number of nitrogens with zero attached hydrogens (tertiary/aromatic N) is 1. The number of para-hydroxylation sites is 3. The predicted octanol–water partition coefficient (Wildman–Crippen LogP) is 5.55. The van der Waals surface area contributed by atoms with Crippen molar-refractivity contribution in [3.05, 3.63) is 175 Å². The number of carboxylic acid groups (broad SMARTS) is 2. The predicted molar refractivity (Wildman–Crippen MR) is 208 cm³/mol. The molecule has 2 aliphatic heterocycles. The van der Waals surface area contributed by atoms with Crippen molar-refractivity contribution >= 4 is 75.2 Å². The molecule has 0 spiro atoms. The largest absolute Gasteiger partial charge is 0.478 e. The molecule has 2 N–H and O–H groups in total. The molecule has 0 fully saturated rings. The van der Waals surface area contributed by atoms with E-state index in [0.717, 1.165) is 22.3 Å². The van der Waals surface area contributed by atoms with E-state index in [-0.39, 0.29) is 24.6 Å². The van der Waals surface area contributed by atoms with Crippen LogP contribution in [-0.2, 0) is 0 Å². The molecule has 0 aliphatic carbocycles. The number of carboxylic acids is 2. The zero-order valence-corrected chi connectivity index (χ0v) is 27.4. The zero-order chi connectivity index (χ0) is 34.6. The molecule has 7 heteroatoms. The Balaban J connectivity index is 1.15. The molecule has 0 saturated heterocycles. The van der Waals surface area contributed by atoms with E-state index in [0.29, 0.717) is 0 Å². The molecule has 0 radical (unpaired) electrons. The highest BCUT2D eigenvalue weighted by atomic mass is 16.4. The Labute approximate surface area is 296 Å². The summed E-state index contributed by atoms with van der Waals surface area (Å²) in [7, 11) is 0. The second-order valence-corrected chi connectivity index (χ2v) is 13.1. The third kappa shape index (κ3) is 5.05. The van der Waals surface area contributed by atoms with E-state index in [2.05, 4.69) is 120 Å². The van der Waals surface area contributed by atoms with Crippen LogP contribution in [0.4, 0.5) is 17.1 Å². The maximum atomic E-state index is 11.4. The maximum absolute atomic E-state index is 11.4. The molecule has 0 atom stereocenters. The van der Waals surface area contributed by atoms with E-state index >= 15 is 0 Å². The van der Waals surface area contributed by atoms with Gasteiger partial charge in [0.05, 0.1) is 11.1 Å². The van der Waals surface area contributed by atoms with E-state index in [1.807, 2.05) is 24.3 Å². The molecule has 7 aromatic carbocycles. The van der Waals surface area contributed by atoms with Crippen molar-refractivity contribution in [1.82, 2.24) is 0 Å². The van der Waals surface area contributed by atoms with Crippen LogP contribution < -0.4 is 37.7 Å². The summed E-state index contributed by atoms with van der Waals surface area (Å²) in [5.74, 6) is -1.86. The molecule has 9 rings (SSSR count). The minimum Gasteiger partial charge on any atom is -0.478 e. The van der Waals surface area contributed by atoms with Gasteiger partial charge in [0.2, 0.25) is 13.4 Å². The first kappa shape index (κ1) is 30.5.